The van der Waals surface area contributed by atoms with E-state index in [9.17, 15) is 18.0 Å². The van der Waals surface area contributed by atoms with Crippen molar-refractivity contribution in [1.29, 1.82) is 0 Å². The van der Waals surface area contributed by atoms with E-state index in [1.807, 2.05) is 0 Å². The molecule has 0 aliphatic heterocycles. The topological polar surface area (TPSA) is 101 Å². The molecule has 21 heavy (non-hydrogen) atoms. The Morgan fingerprint density at radius 2 is 1.86 bits per heavy atom. The van der Waals surface area contributed by atoms with Gasteiger partial charge in [-0.05, 0) is 24.1 Å². The van der Waals surface area contributed by atoms with E-state index in [1.54, 1.807) is 24.3 Å². The van der Waals surface area contributed by atoms with Gasteiger partial charge in [-0.1, -0.05) is 23.7 Å². The Morgan fingerprint density at radius 3 is 2.33 bits per heavy atom. The second-order valence-electron chi connectivity index (χ2n) is 4.68. The van der Waals surface area contributed by atoms with Crippen molar-refractivity contribution in [3.8, 4) is 0 Å². The number of carbonyl (C=O) groups is 2. The van der Waals surface area contributed by atoms with Crippen LogP contribution in [0.2, 0.25) is 5.02 Å². The molecule has 1 amide bonds. The number of hydrogen-bond acceptors (Lipinski definition) is 4. The number of halogens is 1. The quantitative estimate of drug-likeness (QED) is 0.771. The Labute approximate surface area is 128 Å². The molecular formula is C13H16ClNO5S. The van der Waals surface area contributed by atoms with Crippen molar-refractivity contribution in [3.05, 3.63) is 34.9 Å². The maximum Gasteiger partial charge on any atom is 0.326 e. The number of carboxylic acids is 1. The zero-order valence-corrected chi connectivity index (χ0v) is 12.9. The molecule has 8 heteroatoms. The summed E-state index contributed by atoms with van der Waals surface area (Å²) in [5.41, 5.74) is 0.684. The lowest BCUT2D eigenvalue weighted by Gasteiger charge is -2.14. The minimum Gasteiger partial charge on any atom is -0.480 e. The number of sulfone groups is 1. The van der Waals surface area contributed by atoms with Crippen molar-refractivity contribution in [3.63, 3.8) is 0 Å². The molecule has 1 aromatic carbocycles. The Morgan fingerprint density at radius 1 is 1.29 bits per heavy atom. The van der Waals surface area contributed by atoms with Crippen LogP contribution in [0.5, 0.6) is 0 Å². The van der Waals surface area contributed by atoms with E-state index < -0.39 is 27.8 Å². The molecule has 0 spiro atoms. The molecule has 1 rings (SSSR count). The van der Waals surface area contributed by atoms with E-state index in [0.29, 0.717) is 10.6 Å². The van der Waals surface area contributed by atoms with Gasteiger partial charge in [-0.3, -0.25) is 4.79 Å². The Hall–Kier alpha value is -1.60. The average molecular weight is 334 g/mol. The Kier molecular flexibility index (Phi) is 6.17. The van der Waals surface area contributed by atoms with Gasteiger partial charge in [-0.2, -0.15) is 0 Å². The van der Waals surface area contributed by atoms with Gasteiger partial charge in [0.2, 0.25) is 5.91 Å². The van der Waals surface area contributed by atoms with Crippen molar-refractivity contribution in [2.75, 3.05) is 12.0 Å². The highest BCUT2D eigenvalue weighted by atomic mass is 35.5. The molecular weight excluding hydrogens is 318 g/mol. The van der Waals surface area contributed by atoms with E-state index in [1.165, 1.54) is 0 Å². The highest BCUT2D eigenvalue weighted by Gasteiger charge is 2.21. The van der Waals surface area contributed by atoms with Gasteiger partial charge in [-0.15, -0.1) is 0 Å². The number of carbonyl (C=O) groups excluding carboxylic acids is 1. The second kappa shape index (κ2) is 7.42. The van der Waals surface area contributed by atoms with Crippen molar-refractivity contribution >= 4 is 33.3 Å². The molecule has 0 bridgehead atoms. The van der Waals surface area contributed by atoms with Crippen LogP contribution < -0.4 is 5.32 Å². The molecule has 1 unspecified atom stereocenters. The first-order valence-electron chi connectivity index (χ1n) is 6.12. The number of carboxylic acid groups (broad SMARTS) is 1. The Bertz CT molecular complexity index is 612. The SMILES string of the molecule is CS(=O)(=O)CCC(NC(=O)Cc1ccc(Cl)cc1)C(=O)O. The van der Waals surface area contributed by atoms with Gasteiger partial charge < -0.3 is 10.4 Å². The van der Waals surface area contributed by atoms with E-state index in [4.69, 9.17) is 16.7 Å². The minimum absolute atomic E-state index is 0.000175. The molecule has 0 saturated carbocycles. The molecule has 2 N–H and O–H groups in total. The lowest BCUT2D eigenvalue weighted by molar-refractivity contribution is -0.141. The van der Waals surface area contributed by atoms with E-state index in [2.05, 4.69) is 5.32 Å². The third kappa shape index (κ3) is 7.10. The average Bonchev–Trinajstić information content (AvgIpc) is 2.36. The third-order valence-corrected chi connectivity index (χ3v) is 3.92. The summed E-state index contributed by atoms with van der Waals surface area (Å²) in [4.78, 5) is 22.8. The Balaban J connectivity index is 2.60. The van der Waals surface area contributed by atoms with Crippen LogP contribution in [0.25, 0.3) is 0 Å². The summed E-state index contributed by atoms with van der Waals surface area (Å²) < 4.78 is 22.1. The number of benzene rings is 1. The van der Waals surface area contributed by atoms with Crippen LogP contribution in [0.1, 0.15) is 12.0 Å². The van der Waals surface area contributed by atoms with Crippen molar-refractivity contribution in [2.45, 2.75) is 18.9 Å². The van der Waals surface area contributed by atoms with Gasteiger partial charge in [0.25, 0.3) is 0 Å². The highest BCUT2D eigenvalue weighted by molar-refractivity contribution is 7.90. The molecule has 116 valence electrons. The summed E-state index contributed by atoms with van der Waals surface area (Å²) in [5, 5.41) is 11.8. The monoisotopic (exact) mass is 333 g/mol. The molecule has 0 aliphatic rings. The molecule has 1 aromatic rings. The fourth-order valence-electron chi connectivity index (χ4n) is 1.62. The predicted octanol–water partition coefficient (Wildman–Crippen LogP) is 0.887. The van der Waals surface area contributed by atoms with Gasteiger partial charge in [-0.25, -0.2) is 13.2 Å². The van der Waals surface area contributed by atoms with Crippen LogP contribution in [0.3, 0.4) is 0 Å². The van der Waals surface area contributed by atoms with Crippen molar-refractivity contribution < 1.29 is 23.1 Å². The number of nitrogens with one attached hydrogen (secondary N) is 1. The molecule has 0 aliphatic carbocycles. The number of hydrogen-bond donors (Lipinski definition) is 2. The first-order valence-corrected chi connectivity index (χ1v) is 8.55. The minimum atomic E-state index is -3.28. The lowest BCUT2D eigenvalue weighted by atomic mass is 10.1. The fraction of sp³-hybridized carbons (Fsp3) is 0.385. The van der Waals surface area contributed by atoms with Crippen LogP contribution in [0, 0.1) is 0 Å². The van der Waals surface area contributed by atoms with Crippen molar-refractivity contribution in [2.24, 2.45) is 0 Å². The highest BCUT2D eigenvalue weighted by Crippen LogP contribution is 2.10. The van der Waals surface area contributed by atoms with Crippen LogP contribution >= 0.6 is 11.6 Å². The van der Waals surface area contributed by atoms with Gasteiger partial charge in [0.05, 0.1) is 12.2 Å². The van der Waals surface area contributed by atoms with Gasteiger partial charge >= 0.3 is 5.97 Å². The summed E-state index contributed by atoms with van der Waals surface area (Å²) in [6.07, 6.45) is 0.849. The maximum absolute atomic E-state index is 11.8. The molecule has 0 radical (unpaired) electrons. The second-order valence-corrected chi connectivity index (χ2v) is 7.38. The van der Waals surface area contributed by atoms with Crippen LogP contribution in [-0.2, 0) is 25.8 Å². The molecule has 6 nitrogen and oxygen atoms in total. The zero-order chi connectivity index (χ0) is 16.0. The van der Waals surface area contributed by atoms with Crippen LogP contribution in [0.4, 0.5) is 0 Å². The summed E-state index contributed by atoms with van der Waals surface area (Å²) in [7, 11) is -3.28. The van der Waals surface area contributed by atoms with Crippen molar-refractivity contribution in [1.82, 2.24) is 5.32 Å². The summed E-state index contributed by atoms with van der Waals surface area (Å²) >= 11 is 5.72. The number of rotatable bonds is 7. The lowest BCUT2D eigenvalue weighted by Crippen LogP contribution is -2.42. The summed E-state index contributed by atoms with van der Waals surface area (Å²) in [6, 6.07) is 5.35. The van der Waals surface area contributed by atoms with Crippen LogP contribution in [0.15, 0.2) is 24.3 Å². The van der Waals surface area contributed by atoms with Gasteiger partial charge in [0.15, 0.2) is 0 Å². The fourth-order valence-corrected chi connectivity index (χ4v) is 2.41. The standard InChI is InChI=1S/C13H16ClNO5S/c1-21(19,20)7-6-11(13(17)18)15-12(16)8-9-2-4-10(14)5-3-9/h2-5,11H,6-8H2,1H3,(H,15,16)(H,17,18). The van der Waals surface area contributed by atoms with E-state index in [-0.39, 0.29) is 18.6 Å². The van der Waals surface area contributed by atoms with E-state index >= 15 is 0 Å². The number of amides is 1. The van der Waals surface area contributed by atoms with Gasteiger partial charge in [0, 0.05) is 11.3 Å². The summed E-state index contributed by atoms with van der Waals surface area (Å²) in [6.45, 7) is 0. The first-order chi connectivity index (χ1) is 9.67. The normalized spacial score (nSPS) is 12.7. The maximum atomic E-state index is 11.8. The number of aliphatic carboxylic acids is 1. The first kappa shape index (κ1) is 17.5. The smallest absolute Gasteiger partial charge is 0.326 e. The third-order valence-electron chi connectivity index (χ3n) is 2.69. The molecule has 1 atom stereocenters. The van der Waals surface area contributed by atoms with Crippen LogP contribution in [-0.4, -0.2) is 43.5 Å². The zero-order valence-electron chi connectivity index (χ0n) is 11.4. The molecule has 0 heterocycles. The molecule has 0 fully saturated rings. The van der Waals surface area contributed by atoms with Gasteiger partial charge in [0.1, 0.15) is 15.9 Å². The predicted molar refractivity (Wildman–Crippen MR) is 79.1 cm³/mol. The van der Waals surface area contributed by atoms with E-state index in [0.717, 1.165) is 6.26 Å². The molecule has 0 aromatic heterocycles. The molecule has 0 saturated heterocycles. The largest absolute Gasteiger partial charge is 0.480 e. The summed E-state index contributed by atoms with van der Waals surface area (Å²) in [5.74, 6) is -2.05.